The molecule has 0 spiro atoms. The number of aliphatic hydroxyl groups is 2. The minimum atomic E-state index is -0.840. The molecule has 0 aliphatic heterocycles. The fourth-order valence-corrected chi connectivity index (χ4v) is 10.2. The molecule has 0 bridgehead atoms. The van der Waals surface area contributed by atoms with Gasteiger partial charge in [-0.1, -0.05) is 339 Å². The van der Waals surface area contributed by atoms with E-state index in [1.165, 1.54) is 308 Å². The van der Waals surface area contributed by atoms with Gasteiger partial charge in [0.05, 0.1) is 18.8 Å². The number of allylic oxidation sites excluding steroid dienone is 5. The molecule has 0 radical (unpaired) electrons. The van der Waals surface area contributed by atoms with Crippen LogP contribution in [0.25, 0.3) is 0 Å². The molecule has 0 saturated carbocycles. The lowest BCUT2D eigenvalue weighted by Crippen LogP contribution is -2.45. The van der Waals surface area contributed by atoms with Gasteiger partial charge in [-0.2, -0.15) is 0 Å². The maximum Gasteiger partial charge on any atom is 0.220 e. The molecule has 2 atom stereocenters. The van der Waals surface area contributed by atoms with Gasteiger partial charge in [-0.25, -0.2) is 0 Å². The second-order valence-electron chi connectivity index (χ2n) is 22.2. The van der Waals surface area contributed by atoms with Crippen LogP contribution in [-0.2, 0) is 4.79 Å². The maximum absolute atomic E-state index is 12.5. The number of unbranched alkanes of at least 4 members (excludes halogenated alkanes) is 49. The number of hydrogen-bond donors (Lipinski definition) is 3. The second-order valence-corrected chi connectivity index (χ2v) is 22.2. The van der Waals surface area contributed by atoms with Gasteiger partial charge in [-0.3, -0.25) is 4.79 Å². The van der Waals surface area contributed by atoms with E-state index in [1.54, 1.807) is 6.08 Å². The molecular formula is C66H127NO3. The Morgan fingerprint density at radius 2 is 0.586 bits per heavy atom. The van der Waals surface area contributed by atoms with E-state index < -0.39 is 12.1 Å². The van der Waals surface area contributed by atoms with Crippen LogP contribution in [0.4, 0.5) is 0 Å². The molecule has 414 valence electrons. The molecule has 0 aliphatic rings. The highest BCUT2D eigenvalue weighted by Crippen LogP contribution is 2.18. The highest BCUT2D eigenvalue weighted by atomic mass is 16.3. The molecule has 0 rings (SSSR count). The number of hydrogen-bond acceptors (Lipinski definition) is 3. The first-order valence-corrected chi connectivity index (χ1v) is 32.2. The van der Waals surface area contributed by atoms with E-state index in [0.717, 1.165) is 32.1 Å². The highest BCUT2D eigenvalue weighted by Gasteiger charge is 2.18. The zero-order chi connectivity index (χ0) is 50.6. The summed E-state index contributed by atoms with van der Waals surface area (Å²) in [5.74, 6) is -0.0583. The number of carbonyl (C=O) groups is 1. The predicted molar refractivity (Wildman–Crippen MR) is 313 cm³/mol. The van der Waals surface area contributed by atoms with Gasteiger partial charge < -0.3 is 15.5 Å². The molecule has 0 fully saturated rings. The topological polar surface area (TPSA) is 69.6 Å². The zero-order valence-corrected chi connectivity index (χ0v) is 47.8. The molecule has 0 aromatic rings. The van der Waals surface area contributed by atoms with Crippen molar-refractivity contribution < 1.29 is 15.0 Å². The van der Waals surface area contributed by atoms with E-state index in [9.17, 15) is 15.0 Å². The van der Waals surface area contributed by atoms with Crippen LogP contribution in [0.3, 0.4) is 0 Å². The van der Waals surface area contributed by atoms with Crippen LogP contribution in [0.15, 0.2) is 36.5 Å². The standard InChI is InChI=1S/C66H127NO3/c1-3-5-7-9-11-13-15-17-19-21-23-25-27-29-31-32-33-34-36-37-39-41-43-45-47-49-51-53-55-57-59-61-65(69)64(63-68)67-66(70)62-60-58-56-54-52-50-48-46-44-42-40-38-35-30-28-26-24-22-20-18-16-14-12-10-8-6-4-2/h16,18,22,24,59,61,64-65,68-69H,3-15,17,19-21,23,25-58,60,62-63H2,1-2H3,(H,67,70)/b18-16-,24-22-,61-59+. The third kappa shape index (κ3) is 57.5. The SMILES string of the molecule is CCCCCCC/C=C\C/C=C\CCCCCCCCCCCCCCCCCC(=O)NC(CO)C(O)/C=C/CCCCCCCCCCCCCCCCCCCCCCCCCCCCCCC. The summed E-state index contributed by atoms with van der Waals surface area (Å²) in [6.07, 6.45) is 84.9. The van der Waals surface area contributed by atoms with Crippen LogP contribution in [-0.4, -0.2) is 34.9 Å². The lowest BCUT2D eigenvalue weighted by molar-refractivity contribution is -0.123. The molecule has 2 unspecified atom stereocenters. The molecule has 0 aromatic heterocycles. The number of carbonyl (C=O) groups excluding carboxylic acids is 1. The van der Waals surface area contributed by atoms with E-state index in [1.807, 2.05) is 6.08 Å². The van der Waals surface area contributed by atoms with Gasteiger partial charge in [0, 0.05) is 6.42 Å². The molecule has 70 heavy (non-hydrogen) atoms. The van der Waals surface area contributed by atoms with Crippen molar-refractivity contribution in [2.45, 2.75) is 373 Å². The lowest BCUT2D eigenvalue weighted by atomic mass is 10.0. The van der Waals surface area contributed by atoms with Crippen molar-refractivity contribution in [2.75, 3.05) is 6.61 Å². The molecule has 0 aromatic carbocycles. The van der Waals surface area contributed by atoms with Crippen LogP contribution in [0, 0.1) is 0 Å². The van der Waals surface area contributed by atoms with Crippen molar-refractivity contribution in [1.82, 2.24) is 5.32 Å². The predicted octanol–water partition coefficient (Wildman–Crippen LogP) is 21.6. The van der Waals surface area contributed by atoms with E-state index in [2.05, 4.69) is 43.5 Å². The number of nitrogens with one attached hydrogen (secondary N) is 1. The van der Waals surface area contributed by atoms with Gasteiger partial charge in [-0.05, 0) is 51.4 Å². The summed E-state index contributed by atoms with van der Waals surface area (Å²) in [7, 11) is 0. The number of aliphatic hydroxyl groups excluding tert-OH is 2. The fourth-order valence-electron chi connectivity index (χ4n) is 10.2. The highest BCUT2D eigenvalue weighted by molar-refractivity contribution is 5.76. The van der Waals surface area contributed by atoms with E-state index in [-0.39, 0.29) is 12.5 Å². The summed E-state index contributed by atoms with van der Waals surface area (Å²) >= 11 is 0. The Labute approximate surface area is 440 Å². The third-order valence-electron chi connectivity index (χ3n) is 15.1. The molecule has 0 aliphatic carbocycles. The largest absolute Gasteiger partial charge is 0.394 e. The maximum atomic E-state index is 12.5. The van der Waals surface area contributed by atoms with Crippen molar-refractivity contribution in [1.29, 1.82) is 0 Å². The molecule has 0 heterocycles. The minimum Gasteiger partial charge on any atom is -0.394 e. The van der Waals surface area contributed by atoms with E-state index in [4.69, 9.17) is 0 Å². The average molecular weight is 983 g/mol. The van der Waals surface area contributed by atoms with Crippen LogP contribution in [0.5, 0.6) is 0 Å². The van der Waals surface area contributed by atoms with Crippen molar-refractivity contribution in [3.05, 3.63) is 36.5 Å². The van der Waals surface area contributed by atoms with Gasteiger partial charge >= 0.3 is 0 Å². The summed E-state index contributed by atoms with van der Waals surface area (Å²) in [6, 6.07) is -0.623. The Hall–Kier alpha value is -1.39. The van der Waals surface area contributed by atoms with Crippen molar-refractivity contribution >= 4 is 5.91 Å². The van der Waals surface area contributed by atoms with Crippen molar-refractivity contribution in [3.63, 3.8) is 0 Å². The van der Waals surface area contributed by atoms with Gasteiger partial charge in [0.25, 0.3) is 0 Å². The molecule has 3 N–H and O–H groups in total. The molecule has 1 amide bonds. The summed E-state index contributed by atoms with van der Waals surface area (Å²) < 4.78 is 0. The van der Waals surface area contributed by atoms with Crippen molar-refractivity contribution in [3.8, 4) is 0 Å². The van der Waals surface area contributed by atoms with Gasteiger partial charge in [0.1, 0.15) is 0 Å². The summed E-state index contributed by atoms with van der Waals surface area (Å²) in [4.78, 5) is 12.5. The normalized spacial score (nSPS) is 12.9. The molecule has 0 saturated heterocycles. The quantitative estimate of drug-likeness (QED) is 0.0420. The van der Waals surface area contributed by atoms with Crippen molar-refractivity contribution in [2.24, 2.45) is 0 Å². The van der Waals surface area contributed by atoms with Crippen LogP contribution < -0.4 is 5.32 Å². The first kappa shape index (κ1) is 68.6. The Morgan fingerprint density at radius 1 is 0.343 bits per heavy atom. The molecule has 4 nitrogen and oxygen atoms in total. The van der Waals surface area contributed by atoms with E-state index in [0.29, 0.717) is 6.42 Å². The Bertz CT molecular complexity index is 1070. The van der Waals surface area contributed by atoms with E-state index >= 15 is 0 Å². The average Bonchev–Trinajstić information content (AvgIpc) is 3.36. The van der Waals surface area contributed by atoms with Gasteiger partial charge in [-0.15, -0.1) is 0 Å². The smallest absolute Gasteiger partial charge is 0.220 e. The van der Waals surface area contributed by atoms with Crippen LogP contribution >= 0.6 is 0 Å². The zero-order valence-electron chi connectivity index (χ0n) is 47.8. The molecular weight excluding hydrogens is 855 g/mol. The first-order chi connectivity index (χ1) is 34.7. The second kappa shape index (κ2) is 61.9. The van der Waals surface area contributed by atoms with Crippen LogP contribution in [0.2, 0.25) is 0 Å². The number of rotatable bonds is 60. The fraction of sp³-hybridized carbons (Fsp3) is 0.894. The summed E-state index contributed by atoms with van der Waals surface area (Å²) in [5.41, 5.74) is 0. The molecule has 4 heteroatoms. The third-order valence-corrected chi connectivity index (χ3v) is 15.1. The number of amides is 1. The monoisotopic (exact) mass is 982 g/mol. The summed E-state index contributed by atoms with van der Waals surface area (Å²) in [5, 5.41) is 23.3. The Morgan fingerprint density at radius 3 is 0.857 bits per heavy atom. The minimum absolute atomic E-state index is 0.0583. The first-order valence-electron chi connectivity index (χ1n) is 32.2. The summed E-state index contributed by atoms with van der Waals surface area (Å²) in [6.45, 7) is 4.34. The van der Waals surface area contributed by atoms with Gasteiger partial charge in [0.2, 0.25) is 5.91 Å². The van der Waals surface area contributed by atoms with Gasteiger partial charge in [0.15, 0.2) is 0 Å². The Balaban J connectivity index is 3.44. The van der Waals surface area contributed by atoms with Crippen LogP contribution in [0.1, 0.15) is 361 Å². The Kier molecular flexibility index (Phi) is 60.7. The lowest BCUT2D eigenvalue weighted by Gasteiger charge is -2.20.